The maximum absolute atomic E-state index is 9.28. The van der Waals surface area contributed by atoms with E-state index >= 15 is 0 Å². The standard InChI is InChI=1S/C19H23N5O/c1-11-15-8-20-23(2)18(15)7-17(21-11)16-9-24(14-5-12(6-14)10-25)22-19(16)13-3-4-13/h7-9,12-14,25H,3-6,10H2,1-2H3/t12-,14-. The lowest BCUT2D eigenvalue weighted by molar-refractivity contribution is 0.105. The molecular formula is C19H23N5O. The lowest BCUT2D eigenvalue weighted by Gasteiger charge is -2.34. The maximum Gasteiger partial charge on any atom is 0.0761 e. The van der Waals surface area contributed by atoms with Gasteiger partial charge in [0.15, 0.2) is 0 Å². The summed E-state index contributed by atoms with van der Waals surface area (Å²) in [4.78, 5) is 4.86. The van der Waals surface area contributed by atoms with Gasteiger partial charge in [0.1, 0.15) is 0 Å². The van der Waals surface area contributed by atoms with Gasteiger partial charge in [-0.2, -0.15) is 10.2 Å². The highest BCUT2D eigenvalue weighted by Gasteiger charge is 2.35. The van der Waals surface area contributed by atoms with Gasteiger partial charge in [-0.25, -0.2) is 0 Å². The smallest absolute Gasteiger partial charge is 0.0761 e. The molecule has 5 rings (SSSR count). The summed E-state index contributed by atoms with van der Waals surface area (Å²) in [5.74, 6) is 1.02. The number of hydrogen-bond acceptors (Lipinski definition) is 4. The third-order valence-corrected chi connectivity index (χ3v) is 5.78. The number of aliphatic hydroxyl groups is 1. The van der Waals surface area contributed by atoms with Crippen LogP contribution in [0.1, 0.15) is 49.0 Å². The minimum atomic E-state index is 0.290. The lowest BCUT2D eigenvalue weighted by Crippen LogP contribution is -2.29. The molecule has 2 aliphatic rings. The van der Waals surface area contributed by atoms with E-state index in [2.05, 4.69) is 22.0 Å². The molecule has 2 fully saturated rings. The molecule has 0 atom stereocenters. The van der Waals surface area contributed by atoms with Crippen molar-refractivity contribution in [3.05, 3.63) is 29.8 Å². The molecule has 2 saturated carbocycles. The second-order valence-electron chi connectivity index (χ2n) is 7.65. The van der Waals surface area contributed by atoms with Gasteiger partial charge in [-0.3, -0.25) is 14.3 Å². The molecule has 6 nitrogen and oxygen atoms in total. The van der Waals surface area contributed by atoms with E-state index in [1.54, 1.807) is 0 Å². The second-order valence-corrected chi connectivity index (χ2v) is 7.65. The average Bonchev–Trinajstić information content (AvgIpc) is 3.21. The fraction of sp³-hybridized carbons (Fsp3) is 0.526. The molecule has 2 aliphatic carbocycles. The van der Waals surface area contributed by atoms with Gasteiger partial charge in [0.05, 0.1) is 29.1 Å². The minimum Gasteiger partial charge on any atom is -0.396 e. The highest BCUT2D eigenvalue weighted by atomic mass is 16.3. The SMILES string of the molecule is Cc1nc(-c2cn([C@H]3C[C@H](CO)C3)nc2C2CC2)cc2c1cnn2C. The van der Waals surface area contributed by atoms with Crippen molar-refractivity contribution in [3.63, 3.8) is 0 Å². The molecule has 6 heteroatoms. The molecule has 0 unspecified atom stereocenters. The van der Waals surface area contributed by atoms with Gasteiger partial charge in [0.2, 0.25) is 0 Å². The highest BCUT2D eigenvalue weighted by molar-refractivity contribution is 5.85. The van der Waals surface area contributed by atoms with Gasteiger partial charge < -0.3 is 5.11 Å². The van der Waals surface area contributed by atoms with Crippen LogP contribution < -0.4 is 0 Å². The van der Waals surface area contributed by atoms with Gasteiger partial charge in [-0.15, -0.1) is 0 Å². The normalized spacial score (nSPS) is 23.2. The van der Waals surface area contributed by atoms with E-state index in [1.165, 1.54) is 24.1 Å². The second kappa shape index (κ2) is 5.39. The predicted octanol–water partition coefficient (Wildman–Crippen LogP) is 2.96. The van der Waals surface area contributed by atoms with Gasteiger partial charge in [-0.1, -0.05) is 0 Å². The van der Waals surface area contributed by atoms with E-state index in [1.807, 2.05) is 24.9 Å². The first kappa shape index (κ1) is 15.1. The molecule has 0 aliphatic heterocycles. The van der Waals surface area contributed by atoms with Crippen LogP contribution in [-0.2, 0) is 7.05 Å². The minimum absolute atomic E-state index is 0.290. The zero-order valence-corrected chi connectivity index (χ0v) is 14.7. The quantitative estimate of drug-likeness (QED) is 0.795. The summed E-state index contributed by atoms with van der Waals surface area (Å²) in [7, 11) is 1.97. The summed E-state index contributed by atoms with van der Waals surface area (Å²) < 4.78 is 4.03. The zero-order valence-electron chi connectivity index (χ0n) is 14.7. The van der Waals surface area contributed by atoms with Gasteiger partial charge in [0, 0.05) is 42.4 Å². The Bertz CT molecular complexity index is 946. The largest absolute Gasteiger partial charge is 0.396 e. The Balaban J connectivity index is 1.59. The van der Waals surface area contributed by atoms with Crippen molar-refractivity contribution in [2.75, 3.05) is 6.61 Å². The van der Waals surface area contributed by atoms with Crippen LogP contribution in [0.25, 0.3) is 22.2 Å². The molecule has 3 heterocycles. The van der Waals surface area contributed by atoms with Crippen molar-refractivity contribution in [1.29, 1.82) is 0 Å². The molecule has 3 aromatic rings. The average molecular weight is 337 g/mol. The van der Waals surface area contributed by atoms with Crippen LogP contribution in [0.3, 0.4) is 0 Å². The highest BCUT2D eigenvalue weighted by Crippen LogP contribution is 2.45. The Labute approximate surface area is 146 Å². The number of fused-ring (bicyclic) bond motifs is 1. The maximum atomic E-state index is 9.28. The molecule has 3 aromatic heterocycles. The van der Waals surface area contributed by atoms with Gasteiger partial charge >= 0.3 is 0 Å². The molecule has 0 aromatic carbocycles. The molecule has 0 radical (unpaired) electrons. The fourth-order valence-electron chi connectivity index (χ4n) is 3.95. The number of nitrogens with zero attached hydrogens (tertiary/aromatic N) is 5. The topological polar surface area (TPSA) is 68.8 Å². The van der Waals surface area contributed by atoms with Crippen LogP contribution in [0.5, 0.6) is 0 Å². The summed E-state index contributed by atoms with van der Waals surface area (Å²) in [5.41, 5.74) is 5.49. The van der Waals surface area contributed by atoms with Crippen LogP contribution in [0.15, 0.2) is 18.5 Å². The Kier molecular flexibility index (Phi) is 3.25. The van der Waals surface area contributed by atoms with Crippen molar-refractivity contribution in [2.45, 2.75) is 44.6 Å². The summed E-state index contributed by atoms with van der Waals surface area (Å²) >= 11 is 0. The van der Waals surface area contributed by atoms with E-state index in [-0.39, 0.29) is 6.61 Å². The van der Waals surface area contributed by atoms with Crippen LogP contribution >= 0.6 is 0 Å². The molecule has 25 heavy (non-hydrogen) atoms. The van der Waals surface area contributed by atoms with Gasteiger partial charge in [0.25, 0.3) is 0 Å². The van der Waals surface area contributed by atoms with Crippen molar-refractivity contribution in [1.82, 2.24) is 24.5 Å². The van der Waals surface area contributed by atoms with E-state index in [0.717, 1.165) is 35.1 Å². The van der Waals surface area contributed by atoms with Crippen LogP contribution in [0, 0.1) is 12.8 Å². The van der Waals surface area contributed by atoms with Crippen molar-refractivity contribution in [2.24, 2.45) is 13.0 Å². The Hall–Kier alpha value is -2.21. The molecule has 0 spiro atoms. The van der Waals surface area contributed by atoms with Crippen molar-refractivity contribution in [3.8, 4) is 11.3 Å². The van der Waals surface area contributed by atoms with Crippen LogP contribution in [-0.4, -0.2) is 36.3 Å². The Morgan fingerprint density at radius 1 is 1.28 bits per heavy atom. The number of hydrogen-bond donors (Lipinski definition) is 1. The summed E-state index contributed by atoms with van der Waals surface area (Å²) in [5, 5.41) is 19.7. The molecule has 0 amide bonds. The van der Waals surface area contributed by atoms with Crippen molar-refractivity contribution < 1.29 is 5.11 Å². The van der Waals surface area contributed by atoms with Crippen LogP contribution in [0.4, 0.5) is 0 Å². The number of aliphatic hydroxyl groups excluding tert-OH is 1. The zero-order chi connectivity index (χ0) is 17.1. The van der Waals surface area contributed by atoms with E-state index < -0.39 is 0 Å². The number of rotatable bonds is 4. The number of aryl methyl sites for hydroxylation is 2. The van der Waals surface area contributed by atoms with Gasteiger partial charge in [-0.05, 0) is 44.6 Å². The third kappa shape index (κ3) is 2.39. The third-order valence-electron chi connectivity index (χ3n) is 5.78. The van der Waals surface area contributed by atoms with Crippen molar-refractivity contribution >= 4 is 10.9 Å². The molecular weight excluding hydrogens is 314 g/mol. The Morgan fingerprint density at radius 2 is 2.08 bits per heavy atom. The predicted molar refractivity (Wildman–Crippen MR) is 95.3 cm³/mol. The first-order valence-corrected chi connectivity index (χ1v) is 9.13. The first-order valence-electron chi connectivity index (χ1n) is 9.13. The van der Waals surface area contributed by atoms with E-state index in [4.69, 9.17) is 10.1 Å². The monoisotopic (exact) mass is 337 g/mol. The summed E-state index contributed by atoms with van der Waals surface area (Å²) in [6.07, 6.45) is 8.55. The molecule has 1 N–H and O–H groups in total. The van der Waals surface area contributed by atoms with E-state index in [0.29, 0.717) is 17.9 Å². The number of aromatic nitrogens is 5. The number of pyridine rings is 1. The molecule has 0 bridgehead atoms. The molecule has 0 saturated heterocycles. The summed E-state index contributed by atoms with van der Waals surface area (Å²) in [6, 6.07) is 2.56. The van der Waals surface area contributed by atoms with E-state index in [9.17, 15) is 5.11 Å². The van der Waals surface area contributed by atoms with Crippen LogP contribution in [0.2, 0.25) is 0 Å². The summed E-state index contributed by atoms with van der Waals surface area (Å²) in [6.45, 7) is 2.34. The first-order chi connectivity index (χ1) is 12.1. The molecule has 130 valence electrons. The Morgan fingerprint density at radius 3 is 2.80 bits per heavy atom. The lowest BCUT2D eigenvalue weighted by atomic mass is 9.81. The fourth-order valence-corrected chi connectivity index (χ4v) is 3.95.